The molecule has 3 aromatic rings. The molecule has 1 aliphatic rings. The monoisotopic (exact) mass is 364 g/mol. The lowest BCUT2D eigenvalue weighted by Gasteiger charge is -2.32. The van der Waals surface area contributed by atoms with E-state index in [4.69, 9.17) is 0 Å². The lowest BCUT2D eigenvalue weighted by Crippen LogP contribution is -2.40. The summed E-state index contributed by atoms with van der Waals surface area (Å²) in [4.78, 5) is 23.5. The van der Waals surface area contributed by atoms with Crippen LogP contribution >= 0.6 is 0 Å². The Hall–Kier alpha value is -2.96. The smallest absolute Gasteiger partial charge is 0.244 e. The molecule has 4 rings (SSSR count). The number of likely N-dealkylation sites (tertiary alicyclic amines) is 1. The Bertz CT molecular complexity index is 892. The highest BCUT2D eigenvalue weighted by Gasteiger charge is 2.26. The molecule has 0 atom stereocenters. The van der Waals surface area contributed by atoms with Crippen LogP contribution in [0.15, 0.2) is 49.1 Å². The van der Waals surface area contributed by atoms with Crippen LogP contribution in [-0.4, -0.2) is 48.2 Å². The summed E-state index contributed by atoms with van der Waals surface area (Å²) in [7, 11) is 0. The Kier molecular flexibility index (Phi) is 5.00. The minimum Gasteiger partial charge on any atom is -0.341 e. The third-order valence-electron chi connectivity index (χ3n) is 5.23. The average molecular weight is 364 g/mol. The van der Waals surface area contributed by atoms with Crippen molar-refractivity contribution >= 4 is 5.91 Å². The first kappa shape index (κ1) is 17.5. The third-order valence-corrected chi connectivity index (χ3v) is 5.23. The number of nitrogens with zero attached hydrogens (tertiary/aromatic N) is 6. The van der Waals surface area contributed by atoms with E-state index in [1.807, 2.05) is 54.7 Å². The Balaban J connectivity index is 1.36. The van der Waals surface area contributed by atoms with Crippen molar-refractivity contribution < 1.29 is 4.79 Å². The molecule has 140 valence electrons. The zero-order valence-corrected chi connectivity index (χ0v) is 15.5. The minimum atomic E-state index is 0.136. The zero-order chi connectivity index (χ0) is 18.6. The molecule has 0 aromatic carbocycles. The summed E-state index contributed by atoms with van der Waals surface area (Å²) in [5.74, 6) is 1.60. The first-order chi connectivity index (χ1) is 13.2. The quantitative estimate of drug-likeness (QED) is 0.696. The maximum Gasteiger partial charge on any atom is 0.244 e. The third kappa shape index (κ3) is 3.92. The molecule has 27 heavy (non-hydrogen) atoms. The van der Waals surface area contributed by atoms with Crippen LogP contribution in [0, 0.1) is 6.92 Å². The number of hydrogen-bond donors (Lipinski definition) is 0. The minimum absolute atomic E-state index is 0.136. The maximum absolute atomic E-state index is 12.6. The van der Waals surface area contributed by atoms with Crippen LogP contribution in [-0.2, 0) is 17.9 Å². The molecular weight excluding hydrogens is 340 g/mol. The van der Waals surface area contributed by atoms with E-state index in [1.165, 1.54) is 0 Å². The molecule has 1 aliphatic heterocycles. The topological polar surface area (TPSA) is 68.8 Å². The van der Waals surface area contributed by atoms with Crippen molar-refractivity contribution in [2.75, 3.05) is 13.1 Å². The van der Waals surface area contributed by atoms with Crippen LogP contribution in [0.4, 0.5) is 0 Å². The van der Waals surface area contributed by atoms with E-state index < -0.39 is 0 Å². The van der Waals surface area contributed by atoms with Crippen molar-refractivity contribution in [2.45, 2.75) is 38.8 Å². The van der Waals surface area contributed by atoms with Crippen LogP contribution in [0.2, 0.25) is 0 Å². The van der Waals surface area contributed by atoms with Gasteiger partial charge in [-0.2, -0.15) is 5.10 Å². The summed E-state index contributed by atoms with van der Waals surface area (Å²) in [6.45, 7) is 4.54. The SMILES string of the molecule is Cc1ccnn1CC(=O)N1CCC(c2nccn2Cc2ccccn2)CC1. The number of amides is 1. The van der Waals surface area contributed by atoms with Crippen molar-refractivity contribution in [2.24, 2.45) is 0 Å². The summed E-state index contributed by atoms with van der Waals surface area (Å²) < 4.78 is 3.94. The number of carbonyl (C=O) groups is 1. The molecule has 4 heterocycles. The average Bonchev–Trinajstić information content (AvgIpc) is 3.32. The molecule has 0 aliphatic carbocycles. The van der Waals surface area contributed by atoms with Gasteiger partial charge in [-0.25, -0.2) is 4.98 Å². The van der Waals surface area contributed by atoms with Gasteiger partial charge in [-0.15, -0.1) is 0 Å². The fraction of sp³-hybridized carbons (Fsp3) is 0.400. The van der Waals surface area contributed by atoms with Crippen LogP contribution < -0.4 is 0 Å². The van der Waals surface area contributed by atoms with Gasteiger partial charge in [0, 0.05) is 49.5 Å². The second-order valence-corrected chi connectivity index (χ2v) is 7.02. The molecule has 0 unspecified atom stereocenters. The highest BCUT2D eigenvalue weighted by Crippen LogP contribution is 2.27. The van der Waals surface area contributed by atoms with Crippen LogP contribution in [0.25, 0.3) is 0 Å². The van der Waals surface area contributed by atoms with Gasteiger partial charge in [-0.1, -0.05) is 6.07 Å². The molecule has 0 N–H and O–H groups in total. The number of piperidine rings is 1. The standard InChI is InChI=1S/C20H24N6O/c1-16-5-9-23-26(16)15-19(27)24-11-6-17(7-12-24)20-22-10-13-25(20)14-18-4-2-3-8-21-18/h2-5,8-10,13,17H,6-7,11-12,14-15H2,1H3. The number of aromatic nitrogens is 5. The first-order valence-electron chi connectivity index (χ1n) is 9.38. The van der Waals surface area contributed by atoms with E-state index in [1.54, 1.807) is 10.9 Å². The van der Waals surface area contributed by atoms with Gasteiger partial charge in [-0.3, -0.25) is 14.5 Å². The number of rotatable bonds is 5. The summed E-state index contributed by atoms with van der Waals surface area (Å²) >= 11 is 0. The van der Waals surface area contributed by atoms with Gasteiger partial charge in [-0.05, 0) is 38.0 Å². The Morgan fingerprint density at radius 3 is 2.67 bits per heavy atom. The van der Waals surface area contributed by atoms with Crippen LogP contribution in [0.5, 0.6) is 0 Å². The molecule has 7 heteroatoms. The zero-order valence-electron chi connectivity index (χ0n) is 15.5. The predicted molar refractivity (Wildman–Crippen MR) is 101 cm³/mol. The van der Waals surface area contributed by atoms with Crippen LogP contribution in [0.3, 0.4) is 0 Å². The number of imidazole rings is 1. The highest BCUT2D eigenvalue weighted by molar-refractivity contribution is 5.76. The highest BCUT2D eigenvalue weighted by atomic mass is 16.2. The maximum atomic E-state index is 12.6. The lowest BCUT2D eigenvalue weighted by molar-refractivity contribution is -0.133. The van der Waals surface area contributed by atoms with Crippen molar-refractivity contribution in [1.82, 2.24) is 29.2 Å². The number of aryl methyl sites for hydroxylation is 1. The van der Waals surface area contributed by atoms with Gasteiger partial charge < -0.3 is 9.47 Å². The first-order valence-corrected chi connectivity index (χ1v) is 9.38. The van der Waals surface area contributed by atoms with Crippen molar-refractivity contribution in [3.8, 4) is 0 Å². The van der Waals surface area contributed by atoms with Gasteiger partial charge in [0.05, 0.1) is 12.2 Å². The molecule has 0 saturated carbocycles. The summed E-state index contributed by atoms with van der Waals surface area (Å²) in [6.07, 6.45) is 9.29. The Morgan fingerprint density at radius 1 is 1.11 bits per heavy atom. The second-order valence-electron chi connectivity index (χ2n) is 7.02. The Morgan fingerprint density at radius 2 is 1.96 bits per heavy atom. The van der Waals surface area contributed by atoms with E-state index in [-0.39, 0.29) is 5.91 Å². The summed E-state index contributed by atoms with van der Waals surface area (Å²) in [6, 6.07) is 7.88. The fourth-order valence-corrected chi connectivity index (χ4v) is 3.66. The van der Waals surface area contributed by atoms with Crippen molar-refractivity contribution in [1.29, 1.82) is 0 Å². The lowest BCUT2D eigenvalue weighted by atomic mass is 9.95. The van der Waals surface area contributed by atoms with Gasteiger partial charge in [0.15, 0.2) is 0 Å². The van der Waals surface area contributed by atoms with Gasteiger partial charge in [0.25, 0.3) is 0 Å². The molecule has 0 radical (unpaired) electrons. The van der Waals surface area contributed by atoms with Crippen LogP contribution in [0.1, 0.15) is 36.0 Å². The number of pyridine rings is 1. The second kappa shape index (κ2) is 7.73. The van der Waals surface area contributed by atoms with Crippen molar-refractivity contribution in [3.63, 3.8) is 0 Å². The molecule has 1 saturated heterocycles. The van der Waals surface area contributed by atoms with Gasteiger partial charge in [0.2, 0.25) is 5.91 Å². The molecule has 3 aromatic heterocycles. The summed E-state index contributed by atoms with van der Waals surface area (Å²) in [5, 5.41) is 4.21. The molecule has 7 nitrogen and oxygen atoms in total. The van der Waals surface area contributed by atoms with E-state index in [2.05, 4.69) is 19.6 Å². The van der Waals surface area contributed by atoms with E-state index in [9.17, 15) is 4.79 Å². The molecule has 1 fully saturated rings. The van der Waals surface area contributed by atoms with Gasteiger partial charge in [0.1, 0.15) is 12.4 Å². The number of carbonyl (C=O) groups excluding carboxylic acids is 1. The largest absolute Gasteiger partial charge is 0.341 e. The molecule has 0 spiro atoms. The van der Waals surface area contributed by atoms with E-state index in [0.717, 1.165) is 49.7 Å². The molecule has 0 bridgehead atoms. The summed E-state index contributed by atoms with van der Waals surface area (Å²) in [5.41, 5.74) is 2.04. The van der Waals surface area contributed by atoms with E-state index in [0.29, 0.717) is 12.5 Å². The fourth-order valence-electron chi connectivity index (χ4n) is 3.66. The normalized spacial score (nSPS) is 15.2. The predicted octanol–water partition coefficient (Wildman–Crippen LogP) is 2.24. The number of hydrogen-bond acceptors (Lipinski definition) is 4. The van der Waals surface area contributed by atoms with E-state index >= 15 is 0 Å². The van der Waals surface area contributed by atoms with Crippen molar-refractivity contribution in [3.05, 3.63) is 66.3 Å². The van der Waals surface area contributed by atoms with Gasteiger partial charge >= 0.3 is 0 Å². The Labute approximate surface area is 158 Å². The molecular formula is C20H24N6O. The molecule has 1 amide bonds.